The third-order valence-electron chi connectivity index (χ3n) is 7.78. The van der Waals surface area contributed by atoms with Crippen LogP contribution < -0.4 is 5.32 Å². The highest BCUT2D eigenvalue weighted by molar-refractivity contribution is 5.90. The number of nitrogens with one attached hydrogen (secondary N) is 1. The molecule has 0 bridgehead atoms. The number of amides is 2. The van der Waals surface area contributed by atoms with E-state index in [-0.39, 0.29) is 11.8 Å². The molecule has 1 aromatic heterocycles. The quantitative estimate of drug-likeness (QED) is 0.330. The number of furan rings is 1. The van der Waals surface area contributed by atoms with Crippen LogP contribution in [-0.4, -0.2) is 58.5 Å². The molecule has 0 radical (unpaired) electrons. The van der Waals surface area contributed by atoms with Gasteiger partial charge in [-0.2, -0.15) is 0 Å². The SMILES string of the molecule is Cc1ccc(C[C@H](NC(=O)[C@@H]2C[C@@H](O)CN2Cc2cc3ccccc3o2)C(=O)N(C)Cc2ccccc2)cc1C. The number of para-hydroxylation sites is 1. The van der Waals surface area contributed by atoms with Crippen molar-refractivity contribution >= 4 is 22.8 Å². The number of carbonyl (C=O) groups is 2. The molecule has 2 N–H and O–H groups in total. The first kappa shape index (κ1) is 27.6. The third kappa shape index (κ3) is 6.43. The first-order chi connectivity index (χ1) is 19.3. The second-order valence-electron chi connectivity index (χ2n) is 10.9. The number of aliphatic hydroxyl groups is 1. The van der Waals surface area contributed by atoms with Crippen molar-refractivity contribution < 1.29 is 19.1 Å². The van der Waals surface area contributed by atoms with Crippen molar-refractivity contribution in [3.8, 4) is 0 Å². The zero-order valence-corrected chi connectivity index (χ0v) is 23.3. The molecule has 2 amide bonds. The number of aliphatic hydroxyl groups excluding tert-OH is 1. The van der Waals surface area contributed by atoms with Gasteiger partial charge in [-0.1, -0.05) is 66.7 Å². The van der Waals surface area contributed by atoms with E-state index in [0.29, 0.717) is 32.5 Å². The second-order valence-corrected chi connectivity index (χ2v) is 10.9. The Bertz CT molecular complexity index is 1450. The summed E-state index contributed by atoms with van der Waals surface area (Å²) in [5.74, 6) is 0.319. The molecule has 7 heteroatoms. The zero-order valence-electron chi connectivity index (χ0n) is 23.3. The molecule has 40 heavy (non-hydrogen) atoms. The van der Waals surface area contributed by atoms with Crippen LogP contribution in [0.5, 0.6) is 0 Å². The summed E-state index contributed by atoms with van der Waals surface area (Å²) in [5.41, 5.74) is 5.12. The normalized spacial score (nSPS) is 18.1. The minimum absolute atomic E-state index is 0.155. The number of nitrogens with zero attached hydrogens (tertiary/aromatic N) is 2. The summed E-state index contributed by atoms with van der Waals surface area (Å²) >= 11 is 0. The minimum Gasteiger partial charge on any atom is -0.460 e. The van der Waals surface area contributed by atoms with Crippen LogP contribution >= 0.6 is 0 Å². The molecule has 3 aromatic carbocycles. The van der Waals surface area contributed by atoms with Crippen LogP contribution in [-0.2, 0) is 29.1 Å². The van der Waals surface area contributed by atoms with Gasteiger partial charge in [0.05, 0.1) is 18.7 Å². The summed E-state index contributed by atoms with van der Waals surface area (Å²) in [6.45, 7) is 5.30. The van der Waals surface area contributed by atoms with Gasteiger partial charge < -0.3 is 19.7 Å². The van der Waals surface area contributed by atoms with Crippen LogP contribution in [0.15, 0.2) is 83.3 Å². The molecular weight excluding hydrogens is 502 g/mol. The Morgan fingerprint density at radius 3 is 2.50 bits per heavy atom. The van der Waals surface area contributed by atoms with E-state index in [0.717, 1.165) is 33.4 Å². The molecule has 1 aliphatic rings. The van der Waals surface area contributed by atoms with Gasteiger partial charge in [0.1, 0.15) is 17.4 Å². The van der Waals surface area contributed by atoms with E-state index in [2.05, 4.69) is 18.3 Å². The molecule has 1 saturated heterocycles. The number of likely N-dealkylation sites (N-methyl/N-ethyl adjacent to an activating group) is 1. The fraction of sp³-hybridized carbons (Fsp3) is 0.333. The van der Waals surface area contributed by atoms with E-state index < -0.39 is 18.2 Å². The predicted octanol–water partition coefficient (Wildman–Crippen LogP) is 4.37. The number of carbonyl (C=O) groups excluding carboxylic acids is 2. The Balaban J connectivity index is 1.34. The topological polar surface area (TPSA) is 86.0 Å². The van der Waals surface area contributed by atoms with E-state index in [1.54, 1.807) is 11.9 Å². The summed E-state index contributed by atoms with van der Waals surface area (Å²) < 4.78 is 5.98. The number of aryl methyl sites for hydroxylation is 2. The maximum absolute atomic E-state index is 13.7. The van der Waals surface area contributed by atoms with E-state index in [1.165, 1.54) is 5.56 Å². The summed E-state index contributed by atoms with van der Waals surface area (Å²) in [6.07, 6.45) is 0.0509. The smallest absolute Gasteiger partial charge is 0.245 e. The average Bonchev–Trinajstić information content (AvgIpc) is 3.52. The lowest BCUT2D eigenvalue weighted by molar-refractivity contribution is -0.137. The second kappa shape index (κ2) is 12.1. The Morgan fingerprint density at radius 2 is 1.75 bits per heavy atom. The minimum atomic E-state index is -0.742. The van der Waals surface area contributed by atoms with Crippen molar-refractivity contribution in [2.45, 2.75) is 58.0 Å². The molecule has 0 spiro atoms. The average molecular weight is 540 g/mol. The molecule has 7 nitrogen and oxygen atoms in total. The van der Waals surface area contributed by atoms with Crippen molar-refractivity contribution in [1.82, 2.24) is 15.1 Å². The predicted molar refractivity (Wildman–Crippen MR) is 156 cm³/mol. The van der Waals surface area contributed by atoms with Gasteiger partial charge in [-0.25, -0.2) is 0 Å². The number of β-amino-alcohol motifs (C(OH)–C–C–N with tert-alkyl or cyclic N) is 1. The van der Waals surface area contributed by atoms with E-state index in [4.69, 9.17) is 4.42 Å². The van der Waals surface area contributed by atoms with Gasteiger partial charge in [-0.05, 0) is 54.7 Å². The number of rotatable bonds is 9. The lowest BCUT2D eigenvalue weighted by Crippen LogP contribution is -2.53. The van der Waals surface area contributed by atoms with Crippen LogP contribution in [0, 0.1) is 13.8 Å². The molecule has 2 heterocycles. The summed E-state index contributed by atoms with van der Waals surface area (Å²) in [5, 5.41) is 14.6. The molecule has 1 aliphatic heterocycles. The van der Waals surface area contributed by atoms with Gasteiger partial charge in [-0.15, -0.1) is 0 Å². The van der Waals surface area contributed by atoms with E-state index in [1.807, 2.05) is 84.6 Å². The standard InChI is InChI=1S/C33H37N3O4/c1-22-13-14-25(15-23(22)2)16-29(33(39)35(3)19-24-9-5-4-6-10-24)34-32(38)30-18-27(37)20-36(30)21-28-17-26-11-7-8-12-31(26)40-28/h4-15,17,27,29-30,37H,16,18-21H2,1-3H3,(H,34,38)/t27-,29+,30+/m1/s1. The summed E-state index contributed by atoms with van der Waals surface area (Å²) in [4.78, 5) is 31.0. The summed E-state index contributed by atoms with van der Waals surface area (Å²) in [6, 6.07) is 24.4. The van der Waals surface area contributed by atoms with Gasteiger partial charge in [-0.3, -0.25) is 14.5 Å². The van der Waals surface area contributed by atoms with Crippen LogP contribution in [0.2, 0.25) is 0 Å². The molecule has 1 fully saturated rings. The van der Waals surface area contributed by atoms with Crippen molar-refractivity contribution in [3.05, 3.63) is 107 Å². The zero-order chi connectivity index (χ0) is 28.2. The molecule has 208 valence electrons. The van der Waals surface area contributed by atoms with Crippen molar-refractivity contribution in [2.24, 2.45) is 0 Å². The van der Waals surface area contributed by atoms with Crippen LogP contribution in [0.25, 0.3) is 11.0 Å². The first-order valence-electron chi connectivity index (χ1n) is 13.8. The number of hydrogen-bond acceptors (Lipinski definition) is 5. The van der Waals surface area contributed by atoms with E-state index >= 15 is 0 Å². The molecule has 3 atom stereocenters. The van der Waals surface area contributed by atoms with Crippen LogP contribution in [0.4, 0.5) is 0 Å². The van der Waals surface area contributed by atoms with Gasteiger partial charge in [0.25, 0.3) is 0 Å². The Morgan fingerprint density at radius 1 is 1.00 bits per heavy atom. The fourth-order valence-corrected chi connectivity index (χ4v) is 5.48. The molecule has 5 rings (SSSR count). The number of fused-ring (bicyclic) bond motifs is 1. The molecule has 0 unspecified atom stereocenters. The van der Waals surface area contributed by atoms with Crippen LogP contribution in [0.1, 0.15) is 34.4 Å². The van der Waals surface area contributed by atoms with Crippen molar-refractivity contribution in [2.75, 3.05) is 13.6 Å². The number of benzene rings is 3. The Hall–Kier alpha value is -3.94. The lowest BCUT2D eigenvalue weighted by Gasteiger charge is -2.28. The highest BCUT2D eigenvalue weighted by Crippen LogP contribution is 2.25. The highest BCUT2D eigenvalue weighted by Gasteiger charge is 2.38. The fourth-order valence-electron chi connectivity index (χ4n) is 5.48. The molecule has 4 aromatic rings. The third-order valence-corrected chi connectivity index (χ3v) is 7.78. The van der Waals surface area contributed by atoms with Crippen molar-refractivity contribution in [1.29, 1.82) is 0 Å². The lowest BCUT2D eigenvalue weighted by atomic mass is 9.99. The first-order valence-corrected chi connectivity index (χ1v) is 13.8. The largest absolute Gasteiger partial charge is 0.460 e. The van der Waals surface area contributed by atoms with Crippen molar-refractivity contribution in [3.63, 3.8) is 0 Å². The van der Waals surface area contributed by atoms with Crippen LogP contribution in [0.3, 0.4) is 0 Å². The highest BCUT2D eigenvalue weighted by atomic mass is 16.3. The summed E-state index contributed by atoms with van der Waals surface area (Å²) in [7, 11) is 1.77. The molecule has 0 aliphatic carbocycles. The Kier molecular flexibility index (Phi) is 8.33. The monoisotopic (exact) mass is 539 g/mol. The number of likely N-dealkylation sites (tertiary alicyclic amines) is 1. The van der Waals surface area contributed by atoms with Gasteiger partial charge in [0, 0.05) is 31.9 Å². The van der Waals surface area contributed by atoms with Gasteiger partial charge >= 0.3 is 0 Å². The van der Waals surface area contributed by atoms with Gasteiger partial charge in [0.2, 0.25) is 11.8 Å². The Labute approximate surface area is 235 Å². The molecule has 0 saturated carbocycles. The van der Waals surface area contributed by atoms with Gasteiger partial charge in [0.15, 0.2) is 0 Å². The maximum Gasteiger partial charge on any atom is 0.245 e. The molecular formula is C33H37N3O4. The van der Waals surface area contributed by atoms with E-state index in [9.17, 15) is 14.7 Å². The maximum atomic E-state index is 13.7. The number of hydrogen-bond donors (Lipinski definition) is 2.